The summed E-state index contributed by atoms with van der Waals surface area (Å²) in [6.45, 7) is 1.91. The number of aromatic nitrogens is 2. The Morgan fingerprint density at radius 1 is 1.33 bits per heavy atom. The largest absolute Gasteiger partial charge is 0.406 e. The highest BCUT2D eigenvalue weighted by atomic mass is 19.4. The molecule has 1 aliphatic rings. The molecule has 0 saturated carbocycles. The first-order valence-corrected chi connectivity index (χ1v) is 7.19. The van der Waals surface area contributed by atoms with Gasteiger partial charge in [-0.2, -0.15) is 13.2 Å². The third-order valence-corrected chi connectivity index (χ3v) is 4.01. The van der Waals surface area contributed by atoms with Crippen LogP contribution in [0.4, 0.5) is 13.2 Å². The number of alkyl halides is 3. The summed E-state index contributed by atoms with van der Waals surface area (Å²) >= 11 is 0. The van der Waals surface area contributed by atoms with Crippen molar-refractivity contribution in [3.8, 4) is 0 Å². The van der Waals surface area contributed by atoms with Gasteiger partial charge in [-0.1, -0.05) is 12.1 Å². The van der Waals surface area contributed by atoms with Gasteiger partial charge in [0.25, 0.3) is 0 Å². The number of nitrogens with one attached hydrogen (secondary N) is 1. The number of benzene rings is 1. The van der Waals surface area contributed by atoms with Gasteiger partial charge in [-0.15, -0.1) is 0 Å². The minimum Gasteiger partial charge on any atom is -0.319 e. The summed E-state index contributed by atoms with van der Waals surface area (Å²) in [6, 6.07) is 7.36. The maximum absolute atomic E-state index is 12.9. The highest BCUT2D eigenvalue weighted by Crippen LogP contribution is 2.32. The predicted octanol–water partition coefficient (Wildman–Crippen LogP) is 3.45. The fourth-order valence-electron chi connectivity index (χ4n) is 3.12. The van der Waals surface area contributed by atoms with E-state index in [1.165, 1.54) is 4.57 Å². The number of imidazole rings is 1. The van der Waals surface area contributed by atoms with Crippen LogP contribution < -0.4 is 5.32 Å². The maximum atomic E-state index is 12.9. The zero-order chi connectivity index (χ0) is 15.0. The van der Waals surface area contributed by atoms with Gasteiger partial charge in [0.15, 0.2) is 0 Å². The molecule has 0 amide bonds. The minimum absolute atomic E-state index is 0.0796. The highest BCUT2D eigenvalue weighted by molar-refractivity contribution is 5.76. The quantitative estimate of drug-likeness (QED) is 0.920. The number of para-hydroxylation sites is 2. The number of hydrogen-bond donors (Lipinski definition) is 1. The summed E-state index contributed by atoms with van der Waals surface area (Å²) in [5.41, 5.74) is 1.21. The summed E-state index contributed by atoms with van der Waals surface area (Å²) in [5, 5.41) is 3.32. The minimum atomic E-state index is -4.24. The van der Waals surface area contributed by atoms with Crippen LogP contribution in [0.25, 0.3) is 11.0 Å². The molecular formula is C15H18F3N3. The van der Waals surface area contributed by atoms with Gasteiger partial charge >= 0.3 is 6.18 Å². The van der Waals surface area contributed by atoms with E-state index in [1.807, 2.05) is 6.07 Å². The fraction of sp³-hybridized carbons (Fsp3) is 0.533. The number of nitrogens with zero attached hydrogens (tertiary/aromatic N) is 2. The third kappa shape index (κ3) is 3.05. The van der Waals surface area contributed by atoms with E-state index in [0.29, 0.717) is 22.9 Å². The topological polar surface area (TPSA) is 29.9 Å². The summed E-state index contributed by atoms with van der Waals surface area (Å²) in [4.78, 5) is 4.49. The molecule has 2 atom stereocenters. The Morgan fingerprint density at radius 3 is 2.81 bits per heavy atom. The van der Waals surface area contributed by atoms with E-state index < -0.39 is 12.7 Å². The van der Waals surface area contributed by atoms with E-state index in [2.05, 4.69) is 17.2 Å². The smallest absolute Gasteiger partial charge is 0.319 e. The summed E-state index contributed by atoms with van der Waals surface area (Å²) in [7, 11) is 0. The summed E-state index contributed by atoms with van der Waals surface area (Å²) in [5.74, 6) is 0.651. The van der Waals surface area contributed by atoms with Gasteiger partial charge in [0.05, 0.1) is 11.0 Å². The summed E-state index contributed by atoms with van der Waals surface area (Å²) < 4.78 is 40.1. The van der Waals surface area contributed by atoms with Gasteiger partial charge in [0, 0.05) is 12.0 Å². The third-order valence-electron chi connectivity index (χ3n) is 4.01. The van der Waals surface area contributed by atoms with Gasteiger partial charge in [-0.3, -0.25) is 0 Å². The molecule has 3 nitrogen and oxygen atoms in total. The van der Waals surface area contributed by atoms with Crippen LogP contribution in [0.15, 0.2) is 24.3 Å². The molecule has 2 unspecified atom stereocenters. The van der Waals surface area contributed by atoms with Crippen LogP contribution >= 0.6 is 0 Å². The Bertz CT molecular complexity index is 633. The first kappa shape index (κ1) is 14.4. The lowest BCUT2D eigenvalue weighted by Crippen LogP contribution is -2.36. The highest BCUT2D eigenvalue weighted by Gasteiger charge is 2.32. The van der Waals surface area contributed by atoms with E-state index in [4.69, 9.17) is 0 Å². The lowest BCUT2D eigenvalue weighted by atomic mass is 9.92. The van der Waals surface area contributed by atoms with Crippen LogP contribution in [0.5, 0.6) is 0 Å². The van der Waals surface area contributed by atoms with Crippen LogP contribution in [0.2, 0.25) is 0 Å². The molecule has 2 heterocycles. The standard InChI is InChI=1S/C15H18F3N3/c1-10-8-11(6-7-19-10)14-20-12-4-2-3-5-13(12)21(14)9-15(16,17)18/h2-5,10-11,19H,6-9H2,1H3. The second-order valence-corrected chi connectivity index (χ2v) is 5.74. The first-order chi connectivity index (χ1) is 9.94. The van der Waals surface area contributed by atoms with Crippen molar-refractivity contribution in [1.82, 2.24) is 14.9 Å². The van der Waals surface area contributed by atoms with Crippen molar-refractivity contribution < 1.29 is 13.2 Å². The normalized spacial score (nSPS) is 23.6. The van der Waals surface area contributed by atoms with Crippen molar-refractivity contribution in [3.63, 3.8) is 0 Å². The van der Waals surface area contributed by atoms with E-state index in [9.17, 15) is 13.2 Å². The van der Waals surface area contributed by atoms with Crippen molar-refractivity contribution in [3.05, 3.63) is 30.1 Å². The van der Waals surface area contributed by atoms with Crippen molar-refractivity contribution >= 4 is 11.0 Å². The van der Waals surface area contributed by atoms with Gasteiger partial charge < -0.3 is 9.88 Å². The molecule has 0 radical (unpaired) electrons. The molecular weight excluding hydrogens is 279 g/mol. The van der Waals surface area contributed by atoms with E-state index in [0.717, 1.165) is 19.4 Å². The maximum Gasteiger partial charge on any atom is 0.406 e. The number of rotatable bonds is 2. The number of halogens is 3. The second-order valence-electron chi connectivity index (χ2n) is 5.74. The Kier molecular flexibility index (Phi) is 3.65. The molecule has 3 rings (SSSR count). The molecule has 1 saturated heterocycles. The number of hydrogen-bond acceptors (Lipinski definition) is 2. The molecule has 1 aliphatic heterocycles. The number of fused-ring (bicyclic) bond motifs is 1. The first-order valence-electron chi connectivity index (χ1n) is 7.19. The van der Waals surface area contributed by atoms with E-state index >= 15 is 0 Å². The predicted molar refractivity (Wildman–Crippen MR) is 75.2 cm³/mol. The van der Waals surface area contributed by atoms with E-state index in [-0.39, 0.29) is 5.92 Å². The Morgan fingerprint density at radius 2 is 2.10 bits per heavy atom. The van der Waals surface area contributed by atoms with Crippen LogP contribution in [0.3, 0.4) is 0 Å². The molecule has 1 aromatic heterocycles. The molecule has 0 bridgehead atoms. The monoisotopic (exact) mass is 297 g/mol. The van der Waals surface area contributed by atoms with E-state index in [1.54, 1.807) is 18.2 Å². The van der Waals surface area contributed by atoms with Crippen LogP contribution in [0, 0.1) is 0 Å². The Balaban J connectivity index is 2.05. The molecule has 1 N–H and O–H groups in total. The molecule has 0 spiro atoms. The molecule has 1 fully saturated rings. The molecule has 21 heavy (non-hydrogen) atoms. The lowest BCUT2D eigenvalue weighted by Gasteiger charge is -2.28. The average Bonchev–Trinajstić information content (AvgIpc) is 2.76. The van der Waals surface area contributed by atoms with Crippen LogP contribution in [-0.4, -0.2) is 28.3 Å². The average molecular weight is 297 g/mol. The zero-order valence-corrected chi connectivity index (χ0v) is 11.8. The van der Waals surface area contributed by atoms with Gasteiger partial charge in [0.2, 0.25) is 0 Å². The Hall–Kier alpha value is -1.56. The van der Waals surface area contributed by atoms with Gasteiger partial charge in [-0.25, -0.2) is 4.98 Å². The van der Waals surface area contributed by atoms with Crippen LogP contribution in [-0.2, 0) is 6.54 Å². The Labute approximate surface area is 121 Å². The molecule has 6 heteroatoms. The van der Waals surface area contributed by atoms with Crippen molar-refractivity contribution in [1.29, 1.82) is 0 Å². The lowest BCUT2D eigenvalue weighted by molar-refractivity contribution is -0.140. The van der Waals surface area contributed by atoms with Gasteiger partial charge in [0.1, 0.15) is 12.4 Å². The van der Waals surface area contributed by atoms with Crippen LogP contribution in [0.1, 0.15) is 31.5 Å². The zero-order valence-electron chi connectivity index (χ0n) is 11.8. The number of piperidine rings is 1. The van der Waals surface area contributed by atoms with Gasteiger partial charge in [-0.05, 0) is 38.4 Å². The van der Waals surface area contributed by atoms with Crippen molar-refractivity contribution in [2.24, 2.45) is 0 Å². The molecule has 0 aliphatic carbocycles. The molecule has 2 aromatic rings. The molecule has 114 valence electrons. The summed E-state index contributed by atoms with van der Waals surface area (Å²) in [6.07, 6.45) is -2.59. The second kappa shape index (κ2) is 5.33. The molecule has 1 aromatic carbocycles. The SMILES string of the molecule is CC1CC(c2nc3ccccc3n2CC(F)(F)F)CCN1. The van der Waals surface area contributed by atoms with Crippen molar-refractivity contribution in [2.75, 3.05) is 6.54 Å². The fourth-order valence-corrected chi connectivity index (χ4v) is 3.12. The van der Waals surface area contributed by atoms with Crippen molar-refractivity contribution in [2.45, 2.75) is 44.4 Å².